The van der Waals surface area contributed by atoms with E-state index in [-0.39, 0.29) is 11.4 Å². The summed E-state index contributed by atoms with van der Waals surface area (Å²) in [6.45, 7) is 4.84. The van der Waals surface area contributed by atoms with Gasteiger partial charge in [-0.2, -0.15) is 0 Å². The first-order valence-electron chi connectivity index (χ1n) is 5.52. The molecule has 2 rings (SSSR count). The summed E-state index contributed by atoms with van der Waals surface area (Å²) in [6, 6.07) is 2.69. The van der Waals surface area contributed by atoms with E-state index in [1.165, 1.54) is 12.1 Å². The van der Waals surface area contributed by atoms with Crippen LogP contribution in [0, 0.1) is 5.82 Å². The maximum absolute atomic E-state index is 13.1. The van der Waals surface area contributed by atoms with Crippen LogP contribution in [0.1, 0.15) is 26.7 Å². The Bertz CT molecular complexity index is 404. The second kappa shape index (κ2) is 4.13. The normalized spacial score (nSPS) is 17.2. The Morgan fingerprint density at radius 1 is 1.44 bits per heavy atom. The Kier molecular flexibility index (Phi) is 2.98. The summed E-state index contributed by atoms with van der Waals surface area (Å²) in [7, 11) is 0. The molecule has 1 heterocycles. The maximum Gasteiger partial charge on any atom is 0.162 e. The molecule has 1 aliphatic rings. The van der Waals surface area contributed by atoms with E-state index in [0.29, 0.717) is 23.0 Å². The van der Waals surface area contributed by atoms with Crippen LogP contribution in [-0.4, -0.2) is 12.1 Å². The summed E-state index contributed by atoms with van der Waals surface area (Å²) >= 11 is 5.98. The summed E-state index contributed by atoms with van der Waals surface area (Å²) in [4.78, 5) is 0. The molecular formula is C12H15ClFNO. The van der Waals surface area contributed by atoms with Crippen molar-refractivity contribution in [3.8, 4) is 5.75 Å². The van der Waals surface area contributed by atoms with Crippen molar-refractivity contribution < 1.29 is 9.13 Å². The van der Waals surface area contributed by atoms with Gasteiger partial charge in [-0.05, 0) is 18.9 Å². The second-order valence-electron chi connectivity index (χ2n) is 4.11. The van der Waals surface area contributed by atoms with Crippen LogP contribution >= 0.6 is 11.6 Å². The van der Waals surface area contributed by atoms with Crippen LogP contribution in [0.25, 0.3) is 0 Å². The molecule has 0 saturated carbocycles. The third-order valence-corrected chi connectivity index (χ3v) is 3.50. The molecule has 88 valence electrons. The van der Waals surface area contributed by atoms with Crippen molar-refractivity contribution in [2.75, 3.05) is 11.9 Å². The highest BCUT2D eigenvalue weighted by Crippen LogP contribution is 2.41. The van der Waals surface area contributed by atoms with Crippen molar-refractivity contribution in [3.63, 3.8) is 0 Å². The number of fused-ring (bicyclic) bond motifs is 1. The molecular weight excluding hydrogens is 229 g/mol. The highest BCUT2D eigenvalue weighted by atomic mass is 35.5. The quantitative estimate of drug-likeness (QED) is 0.852. The largest absolute Gasteiger partial charge is 0.482 e. The number of halogens is 2. The molecule has 0 atom stereocenters. The first kappa shape index (κ1) is 11.5. The molecule has 1 aromatic carbocycles. The lowest BCUT2D eigenvalue weighted by molar-refractivity contribution is 0.0670. The van der Waals surface area contributed by atoms with E-state index in [4.69, 9.17) is 16.3 Å². The molecule has 0 unspecified atom stereocenters. The number of nitrogens with one attached hydrogen (secondary N) is 1. The molecule has 0 aliphatic carbocycles. The summed E-state index contributed by atoms with van der Waals surface area (Å²) in [5.41, 5.74) is 0.414. The maximum atomic E-state index is 13.1. The van der Waals surface area contributed by atoms with Crippen molar-refractivity contribution in [3.05, 3.63) is 23.0 Å². The van der Waals surface area contributed by atoms with Gasteiger partial charge < -0.3 is 10.1 Å². The lowest BCUT2D eigenvalue weighted by Gasteiger charge is -2.38. The second-order valence-corrected chi connectivity index (χ2v) is 4.52. The highest BCUT2D eigenvalue weighted by molar-refractivity contribution is 6.32. The number of hydrogen-bond donors (Lipinski definition) is 1. The zero-order chi connectivity index (χ0) is 11.8. The Morgan fingerprint density at radius 3 is 2.75 bits per heavy atom. The third kappa shape index (κ3) is 1.84. The van der Waals surface area contributed by atoms with Crippen molar-refractivity contribution in [1.82, 2.24) is 0 Å². The molecule has 0 spiro atoms. The van der Waals surface area contributed by atoms with Crippen LogP contribution in [0.3, 0.4) is 0 Å². The van der Waals surface area contributed by atoms with E-state index in [1.54, 1.807) is 0 Å². The van der Waals surface area contributed by atoms with Crippen molar-refractivity contribution in [2.24, 2.45) is 0 Å². The van der Waals surface area contributed by atoms with E-state index in [2.05, 4.69) is 19.2 Å². The van der Waals surface area contributed by atoms with Crippen LogP contribution < -0.4 is 10.1 Å². The molecule has 16 heavy (non-hydrogen) atoms. The van der Waals surface area contributed by atoms with Gasteiger partial charge in [0, 0.05) is 6.07 Å². The Hall–Kier alpha value is -0.960. The van der Waals surface area contributed by atoms with Gasteiger partial charge in [0.2, 0.25) is 0 Å². The Balaban J connectivity index is 2.40. The van der Waals surface area contributed by atoms with E-state index < -0.39 is 0 Å². The third-order valence-electron chi connectivity index (χ3n) is 3.22. The van der Waals surface area contributed by atoms with Gasteiger partial charge in [0.25, 0.3) is 0 Å². The lowest BCUT2D eigenvalue weighted by Crippen LogP contribution is -2.44. The first-order chi connectivity index (χ1) is 7.60. The molecule has 2 nitrogen and oxygen atoms in total. The van der Waals surface area contributed by atoms with Crippen LogP contribution in [0.5, 0.6) is 5.75 Å². The molecule has 4 heteroatoms. The van der Waals surface area contributed by atoms with E-state index in [1.807, 2.05) is 0 Å². The average molecular weight is 244 g/mol. The standard InChI is InChI=1S/C12H15ClFNO/c1-3-12(4-2)7-15-10-6-8(14)5-9(13)11(10)16-12/h5-6,15H,3-4,7H2,1-2H3. The number of hydrogen-bond acceptors (Lipinski definition) is 2. The van der Waals surface area contributed by atoms with Gasteiger partial charge in [-0.1, -0.05) is 25.4 Å². The van der Waals surface area contributed by atoms with Gasteiger partial charge >= 0.3 is 0 Å². The van der Waals surface area contributed by atoms with E-state index >= 15 is 0 Å². The van der Waals surface area contributed by atoms with Gasteiger partial charge in [0.1, 0.15) is 11.4 Å². The van der Waals surface area contributed by atoms with Gasteiger partial charge in [0.05, 0.1) is 17.3 Å². The predicted octanol–water partition coefficient (Wildman–Crippen LogP) is 3.84. The Labute approximate surface area is 99.7 Å². The zero-order valence-corrected chi connectivity index (χ0v) is 10.2. The molecule has 1 aromatic rings. The van der Waals surface area contributed by atoms with Crippen molar-refractivity contribution >= 4 is 17.3 Å². The molecule has 0 amide bonds. The van der Waals surface area contributed by atoms with Gasteiger partial charge in [-0.15, -0.1) is 0 Å². The Morgan fingerprint density at radius 2 is 2.12 bits per heavy atom. The summed E-state index contributed by atoms with van der Waals surface area (Å²) in [5, 5.41) is 3.51. The van der Waals surface area contributed by atoms with Crippen LogP contribution in [0.15, 0.2) is 12.1 Å². The van der Waals surface area contributed by atoms with Gasteiger partial charge in [0.15, 0.2) is 5.75 Å². The van der Waals surface area contributed by atoms with E-state index in [0.717, 1.165) is 12.8 Å². The molecule has 1 N–H and O–H groups in total. The molecule has 1 aliphatic heterocycles. The molecule has 0 bridgehead atoms. The zero-order valence-electron chi connectivity index (χ0n) is 9.44. The van der Waals surface area contributed by atoms with Gasteiger partial charge in [-0.3, -0.25) is 0 Å². The van der Waals surface area contributed by atoms with E-state index in [9.17, 15) is 4.39 Å². The minimum atomic E-state index is -0.347. The molecule has 0 saturated heterocycles. The van der Waals surface area contributed by atoms with Crippen LogP contribution in [0.4, 0.5) is 10.1 Å². The van der Waals surface area contributed by atoms with Crippen molar-refractivity contribution in [1.29, 1.82) is 0 Å². The SMILES string of the molecule is CCC1(CC)CNc2cc(F)cc(Cl)c2O1. The first-order valence-corrected chi connectivity index (χ1v) is 5.90. The number of benzene rings is 1. The summed E-state index contributed by atoms with van der Waals surface area (Å²) in [5.74, 6) is 0.221. The minimum Gasteiger partial charge on any atom is -0.482 e. The van der Waals surface area contributed by atoms with Crippen LogP contribution in [-0.2, 0) is 0 Å². The summed E-state index contributed by atoms with van der Waals surface area (Å²) < 4.78 is 19.1. The number of ether oxygens (including phenoxy) is 1. The highest BCUT2D eigenvalue weighted by Gasteiger charge is 2.34. The molecule has 0 radical (unpaired) electrons. The topological polar surface area (TPSA) is 21.3 Å². The molecule has 0 aromatic heterocycles. The number of anilines is 1. The van der Waals surface area contributed by atoms with Crippen molar-refractivity contribution in [2.45, 2.75) is 32.3 Å². The monoisotopic (exact) mass is 243 g/mol. The van der Waals surface area contributed by atoms with Gasteiger partial charge in [-0.25, -0.2) is 4.39 Å². The minimum absolute atomic E-state index is 0.228. The lowest BCUT2D eigenvalue weighted by atomic mass is 9.95. The number of rotatable bonds is 2. The fourth-order valence-corrected chi connectivity index (χ4v) is 2.19. The summed E-state index contributed by atoms with van der Waals surface area (Å²) in [6.07, 6.45) is 1.79. The fourth-order valence-electron chi connectivity index (χ4n) is 1.95. The van der Waals surface area contributed by atoms with Crippen LogP contribution in [0.2, 0.25) is 5.02 Å². The fraction of sp³-hybridized carbons (Fsp3) is 0.500. The molecule has 0 fully saturated rings. The average Bonchev–Trinajstić information content (AvgIpc) is 2.29. The predicted molar refractivity (Wildman–Crippen MR) is 63.8 cm³/mol. The smallest absolute Gasteiger partial charge is 0.162 e.